The lowest BCUT2D eigenvalue weighted by Gasteiger charge is -2.60. The molecule has 0 radical (unpaired) electrons. The van der Waals surface area contributed by atoms with Gasteiger partial charge in [0.15, 0.2) is 0 Å². The fraction of sp³-hybridized carbons (Fsp3) is 0.889. The van der Waals surface area contributed by atoms with Crippen LogP contribution in [0, 0.1) is 58.7 Å². The first-order chi connectivity index (χ1) is 15.6. The van der Waals surface area contributed by atoms with Crippen molar-refractivity contribution in [1.29, 1.82) is 0 Å². The molecular formula is C27H38O6. The zero-order chi connectivity index (χ0) is 23.3. The van der Waals surface area contributed by atoms with Crippen molar-refractivity contribution in [3.05, 3.63) is 0 Å². The maximum absolute atomic E-state index is 13.8. The van der Waals surface area contributed by atoms with Crippen molar-refractivity contribution < 1.29 is 28.6 Å². The second-order valence-corrected chi connectivity index (χ2v) is 13.1. The van der Waals surface area contributed by atoms with Crippen molar-refractivity contribution >= 4 is 17.9 Å². The molecule has 6 aliphatic carbocycles. The molecule has 6 unspecified atom stereocenters. The largest absolute Gasteiger partial charge is 0.465 e. The lowest BCUT2D eigenvalue weighted by molar-refractivity contribution is -0.217. The monoisotopic (exact) mass is 458 g/mol. The quantitative estimate of drug-likeness (QED) is 0.455. The summed E-state index contributed by atoms with van der Waals surface area (Å²) in [7, 11) is 0. The zero-order valence-corrected chi connectivity index (χ0v) is 20.4. The van der Waals surface area contributed by atoms with E-state index in [1.807, 2.05) is 20.8 Å². The van der Waals surface area contributed by atoms with Crippen LogP contribution >= 0.6 is 0 Å². The van der Waals surface area contributed by atoms with Crippen LogP contribution in [0.2, 0.25) is 0 Å². The predicted molar refractivity (Wildman–Crippen MR) is 119 cm³/mol. The molecule has 7 rings (SSSR count). The van der Waals surface area contributed by atoms with E-state index in [1.165, 1.54) is 32.1 Å². The first-order valence-electron chi connectivity index (χ1n) is 13.2. The van der Waals surface area contributed by atoms with Crippen molar-refractivity contribution in [2.45, 2.75) is 84.3 Å². The Morgan fingerprint density at radius 1 is 1.00 bits per heavy atom. The van der Waals surface area contributed by atoms with Crippen LogP contribution in [0.3, 0.4) is 0 Å². The highest BCUT2D eigenvalue weighted by molar-refractivity contribution is 5.86. The number of carbonyl (C=O) groups is 3. The Balaban J connectivity index is 1.22. The molecule has 33 heavy (non-hydrogen) atoms. The molecule has 7 aliphatic rings. The molecule has 6 nitrogen and oxygen atoms in total. The van der Waals surface area contributed by atoms with Gasteiger partial charge in [-0.3, -0.25) is 14.4 Å². The van der Waals surface area contributed by atoms with Crippen LogP contribution in [0.1, 0.15) is 72.6 Å². The van der Waals surface area contributed by atoms with E-state index < -0.39 is 11.3 Å². The summed E-state index contributed by atoms with van der Waals surface area (Å²) in [5, 5.41) is 0. The van der Waals surface area contributed by atoms with Crippen molar-refractivity contribution in [2.75, 3.05) is 6.61 Å². The van der Waals surface area contributed by atoms with Gasteiger partial charge in [-0.15, -0.1) is 0 Å². The third-order valence-corrected chi connectivity index (χ3v) is 10.4. The van der Waals surface area contributed by atoms with Gasteiger partial charge in [-0.25, -0.2) is 0 Å². The van der Waals surface area contributed by atoms with Gasteiger partial charge >= 0.3 is 17.9 Å². The SMILES string of the molecule is CCC1(OC(=O)C2C3CC4C(OC(=O)C42)C3COC(=O)C(C)(C)C)C2CC3CC(C2)CC1C3. The Bertz CT molecular complexity index is 842. The topological polar surface area (TPSA) is 78.9 Å². The van der Waals surface area contributed by atoms with Crippen LogP contribution in [0.4, 0.5) is 0 Å². The highest BCUT2D eigenvalue weighted by Gasteiger charge is 2.70. The number of rotatable bonds is 5. The predicted octanol–water partition coefficient (Wildman–Crippen LogP) is 4.15. The molecule has 0 aromatic rings. The molecule has 0 aromatic heterocycles. The highest BCUT2D eigenvalue weighted by atomic mass is 16.6. The van der Waals surface area contributed by atoms with Gasteiger partial charge in [-0.1, -0.05) is 6.92 Å². The van der Waals surface area contributed by atoms with Crippen molar-refractivity contribution in [3.63, 3.8) is 0 Å². The van der Waals surface area contributed by atoms with E-state index in [0.717, 1.165) is 24.7 Å². The minimum absolute atomic E-state index is 0.0116. The van der Waals surface area contributed by atoms with E-state index in [4.69, 9.17) is 14.2 Å². The second kappa shape index (κ2) is 7.21. The fourth-order valence-electron chi connectivity index (χ4n) is 9.17. The van der Waals surface area contributed by atoms with E-state index in [0.29, 0.717) is 11.8 Å². The number of hydrogen-bond donors (Lipinski definition) is 0. The third kappa shape index (κ3) is 3.07. The molecule has 6 atom stereocenters. The van der Waals surface area contributed by atoms with Crippen molar-refractivity contribution in [1.82, 2.24) is 0 Å². The van der Waals surface area contributed by atoms with Gasteiger partial charge in [0, 0.05) is 11.8 Å². The van der Waals surface area contributed by atoms with Crippen molar-refractivity contribution in [3.8, 4) is 0 Å². The molecule has 7 fully saturated rings. The molecule has 182 valence electrons. The van der Waals surface area contributed by atoms with Gasteiger partial charge in [0.1, 0.15) is 11.7 Å². The van der Waals surface area contributed by atoms with Crippen LogP contribution in [0.15, 0.2) is 0 Å². The van der Waals surface area contributed by atoms with Gasteiger partial charge in [-0.05, 0) is 95.3 Å². The van der Waals surface area contributed by atoms with E-state index in [-0.39, 0.29) is 59.9 Å². The Hall–Kier alpha value is -1.59. The zero-order valence-electron chi connectivity index (χ0n) is 20.4. The first kappa shape index (κ1) is 21.9. The average molecular weight is 459 g/mol. The van der Waals surface area contributed by atoms with Crippen LogP contribution in [0.5, 0.6) is 0 Å². The van der Waals surface area contributed by atoms with Crippen LogP contribution in [-0.2, 0) is 28.6 Å². The smallest absolute Gasteiger partial charge is 0.311 e. The second-order valence-electron chi connectivity index (χ2n) is 13.1. The number of fused-ring (bicyclic) bond motifs is 1. The molecule has 0 N–H and O–H groups in total. The van der Waals surface area contributed by atoms with Gasteiger partial charge in [-0.2, -0.15) is 0 Å². The number of carbonyl (C=O) groups excluding carboxylic acids is 3. The normalized spacial score (nSPS) is 48.8. The Kier molecular flexibility index (Phi) is 4.79. The summed E-state index contributed by atoms with van der Waals surface area (Å²) in [5.41, 5.74) is -0.944. The van der Waals surface area contributed by atoms with E-state index in [2.05, 4.69) is 6.92 Å². The first-order valence-corrected chi connectivity index (χ1v) is 13.2. The van der Waals surface area contributed by atoms with Gasteiger partial charge in [0.25, 0.3) is 0 Å². The Labute approximate surface area is 196 Å². The summed E-state index contributed by atoms with van der Waals surface area (Å²) in [6.45, 7) is 7.87. The molecule has 0 aromatic carbocycles. The summed E-state index contributed by atoms with van der Waals surface area (Å²) < 4.78 is 18.0. The Morgan fingerprint density at radius 3 is 2.21 bits per heavy atom. The molecular weight excluding hydrogens is 420 g/mol. The van der Waals surface area contributed by atoms with Crippen molar-refractivity contribution in [2.24, 2.45) is 58.7 Å². The Morgan fingerprint density at radius 2 is 1.64 bits per heavy atom. The molecule has 1 saturated heterocycles. The summed E-state index contributed by atoms with van der Waals surface area (Å²) in [5.74, 6) is 0.926. The summed E-state index contributed by atoms with van der Waals surface area (Å²) >= 11 is 0. The molecule has 1 aliphatic heterocycles. The van der Waals surface area contributed by atoms with Crippen LogP contribution in [-0.4, -0.2) is 36.2 Å². The molecule has 6 heteroatoms. The highest BCUT2D eigenvalue weighted by Crippen LogP contribution is 2.63. The molecule has 6 saturated carbocycles. The summed E-state index contributed by atoms with van der Waals surface area (Å²) in [6.07, 6.45) is 7.51. The number of esters is 3. The standard InChI is InChI=1S/C27H38O6/c1-5-27(15-7-13-6-14(9-15)10-16(27)8-13)33-24(29)20-17-11-18-21(20)23(28)32-22(18)19(17)12-31-25(30)26(2,3)4/h13-22H,5-12H2,1-4H3. The maximum Gasteiger partial charge on any atom is 0.311 e. The van der Waals surface area contributed by atoms with Gasteiger partial charge in [0.05, 0.1) is 23.9 Å². The molecule has 0 spiro atoms. The maximum atomic E-state index is 13.8. The number of ether oxygens (including phenoxy) is 3. The third-order valence-electron chi connectivity index (χ3n) is 10.4. The summed E-state index contributed by atoms with van der Waals surface area (Å²) in [4.78, 5) is 39.0. The lowest BCUT2D eigenvalue weighted by Crippen LogP contribution is -2.60. The van der Waals surface area contributed by atoms with E-state index in [9.17, 15) is 14.4 Å². The van der Waals surface area contributed by atoms with Crippen LogP contribution < -0.4 is 0 Å². The molecule has 1 heterocycles. The molecule has 0 amide bonds. The number of hydrogen-bond acceptors (Lipinski definition) is 6. The molecule has 6 bridgehead atoms. The average Bonchev–Trinajstić information content (AvgIpc) is 3.36. The summed E-state index contributed by atoms with van der Waals surface area (Å²) in [6, 6.07) is 0. The van der Waals surface area contributed by atoms with E-state index in [1.54, 1.807) is 0 Å². The fourth-order valence-corrected chi connectivity index (χ4v) is 9.17. The van der Waals surface area contributed by atoms with E-state index >= 15 is 0 Å². The lowest BCUT2D eigenvalue weighted by atomic mass is 9.49. The van der Waals surface area contributed by atoms with Gasteiger partial charge < -0.3 is 14.2 Å². The minimum atomic E-state index is -0.585. The minimum Gasteiger partial charge on any atom is -0.465 e. The van der Waals surface area contributed by atoms with Crippen LogP contribution in [0.25, 0.3) is 0 Å². The van der Waals surface area contributed by atoms with Gasteiger partial charge in [0.2, 0.25) is 0 Å².